The Morgan fingerprint density at radius 3 is 2.55 bits per heavy atom. The molecular weight excluding hydrogens is 338 g/mol. The van der Waals surface area contributed by atoms with Gasteiger partial charge in [-0.05, 0) is 37.3 Å². The monoisotopic (exact) mass is 359 g/mol. The van der Waals surface area contributed by atoms with Gasteiger partial charge in [0.25, 0.3) is 0 Å². The van der Waals surface area contributed by atoms with Gasteiger partial charge in [0, 0.05) is 10.5 Å². The molecule has 0 saturated heterocycles. The Morgan fingerprint density at radius 2 is 1.90 bits per heavy atom. The molecule has 0 radical (unpaired) electrons. The first kappa shape index (κ1) is 16.0. The Labute approximate surface area is 130 Å². The van der Waals surface area contributed by atoms with E-state index in [-0.39, 0.29) is 11.8 Å². The molecule has 1 aliphatic rings. The van der Waals surface area contributed by atoms with Crippen LogP contribution in [0.1, 0.15) is 50.6 Å². The Bertz CT molecular complexity index is 539. The molecule has 1 atom stereocenters. The van der Waals surface area contributed by atoms with E-state index >= 15 is 0 Å². The van der Waals surface area contributed by atoms with Gasteiger partial charge < -0.3 is 0 Å². The zero-order valence-electron chi connectivity index (χ0n) is 11.8. The van der Waals surface area contributed by atoms with Crippen LogP contribution in [0.5, 0.6) is 0 Å². The van der Waals surface area contributed by atoms with Crippen LogP contribution in [-0.2, 0) is 10.0 Å². The molecule has 0 heterocycles. The molecule has 1 aromatic carbocycles. The van der Waals surface area contributed by atoms with Crippen molar-refractivity contribution >= 4 is 26.0 Å². The molecule has 5 heteroatoms. The molecule has 2 rings (SSSR count). The summed E-state index contributed by atoms with van der Waals surface area (Å²) in [5.41, 5.74) is 0.972. The number of hydrogen-bond donors (Lipinski definition) is 1. The van der Waals surface area contributed by atoms with E-state index in [4.69, 9.17) is 0 Å². The van der Waals surface area contributed by atoms with Crippen LogP contribution in [-0.4, -0.2) is 14.2 Å². The third-order valence-electron chi connectivity index (χ3n) is 3.91. The van der Waals surface area contributed by atoms with Gasteiger partial charge in [0.1, 0.15) is 0 Å². The maximum absolute atomic E-state index is 12.3. The molecule has 20 heavy (non-hydrogen) atoms. The van der Waals surface area contributed by atoms with E-state index in [0.29, 0.717) is 5.92 Å². The summed E-state index contributed by atoms with van der Waals surface area (Å²) in [6, 6.07) is 7.52. The predicted molar refractivity (Wildman–Crippen MR) is 86.1 cm³/mol. The molecule has 0 unspecified atom stereocenters. The highest BCUT2D eigenvalue weighted by Gasteiger charge is 2.23. The molecule has 1 aromatic rings. The number of hydrogen-bond acceptors (Lipinski definition) is 2. The van der Waals surface area contributed by atoms with Crippen molar-refractivity contribution in [3.63, 3.8) is 0 Å². The van der Waals surface area contributed by atoms with Gasteiger partial charge in [-0.2, -0.15) is 0 Å². The fourth-order valence-corrected chi connectivity index (χ4v) is 5.22. The van der Waals surface area contributed by atoms with Gasteiger partial charge in [0.2, 0.25) is 10.0 Å². The van der Waals surface area contributed by atoms with Crippen molar-refractivity contribution in [1.82, 2.24) is 4.72 Å². The van der Waals surface area contributed by atoms with Crippen LogP contribution in [0.3, 0.4) is 0 Å². The third kappa shape index (κ3) is 4.57. The molecule has 0 aromatic heterocycles. The summed E-state index contributed by atoms with van der Waals surface area (Å²) in [5, 5.41) is 0. The van der Waals surface area contributed by atoms with Gasteiger partial charge in [0.15, 0.2) is 0 Å². The van der Waals surface area contributed by atoms with Crippen LogP contribution in [0.2, 0.25) is 0 Å². The Morgan fingerprint density at radius 1 is 1.25 bits per heavy atom. The minimum Gasteiger partial charge on any atom is -0.212 e. The Kier molecular flexibility index (Phi) is 5.64. The lowest BCUT2D eigenvalue weighted by Gasteiger charge is -2.23. The SMILES string of the molecule is C[C@@H](NS(=O)(=O)CC1CCCCC1)c1ccccc1Br. The highest BCUT2D eigenvalue weighted by molar-refractivity contribution is 9.10. The van der Waals surface area contributed by atoms with Crippen molar-refractivity contribution in [3.05, 3.63) is 34.3 Å². The van der Waals surface area contributed by atoms with Gasteiger partial charge >= 0.3 is 0 Å². The number of benzene rings is 1. The lowest BCUT2D eigenvalue weighted by molar-refractivity contribution is 0.383. The van der Waals surface area contributed by atoms with E-state index in [9.17, 15) is 8.42 Å². The average molecular weight is 360 g/mol. The molecule has 1 N–H and O–H groups in total. The second-order valence-corrected chi connectivity index (χ2v) is 8.30. The quantitative estimate of drug-likeness (QED) is 0.862. The molecular formula is C15H22BrNO2S. The van der Waals surface area contributed by atoms with Gasteiger partial charge in [-0.25, -0.2) is 13.1 Å². The maximum Gasteiger partial charge on any atom is 0.212 e. The predicted octanol–water partition coefficient (Wildman–Crippen LogP) is 4.01. The maximum atomic E-state index is 12.3. The fourth-order valence-electron chi connectivity index (χ4n) is 2.87. The van der Waals surface area contributed by atoms with Gasteiger partial charge in [-0.3, -0.25) is 0 Å². The molecule has 1 fully saturated rings. The van der Waals surface area contributed by atoms with Gasteiger partial charge in [-0.15, -0.1) is 0 Å². The van der Waals surface area contributed by atoms with Crippen LogP contribution in [0.25, 0.3) is 0 Å². The molecule has 112 valence electrons. The zero-order valence-corrected chi connectivity index (χ0v) is 14.2. The van der Waals surface area contributed by atoms with Crippen LogP contribution in [0, 0.1) is 5.92 Å². The normalized spacial score (nSPS) is 18.9. The number of rotatable bonds is 5. The lowest BCUT2D eigenvalue weighted by Crippen LogP contribution is -2.32. The summed E-state index contributed by atoms with van der Waals surface area (Å²) in [6.45, 7) is 1.89. The minimum atomic E-state index is -3.22. The van der Waals surface area contributed by atoms with Gasteiger partial charge in [-0.1, -0.05) is 53.4 Å². The molecule has 0 bridgehead atoms. The van der Waals surface area contributed by atoms with Crippen molar-refractivity contribution in [2.75, 3.05) is 5.75 Å². The van der Waals surface area contributed by atoms with Crippen LogP contribution >= 0.6 is 15.9 Å². The van der Waals surface area contributed by atoms with Crippen molar-refractivity contribution in [2.45, 2.75) is 45.1 Å². The summed E-state index contributed by atoms with van der Waals surface area (Å²) in [4.78, 5) is 0. The second kappa shape index (κ2) is 7.05. The zero-order chi connectivity index (χ0) is 14.6. The van der Waals surface area contributed by atoms with E-state index in [1.807, 2.05) is 31.2 Å². The van der Waals surface area contributed by atoms with E-state index in [2.05, 4.69) is 20.7 Å². The highest BCUT2D eigenvalue weighted by atomic mass is 79.9. The second-order valence-electron chi connectivity index (χ2n) is 5.65. The van der Waals surface area contributed by atoms with Crippen LogP contribution < -0.4 is 4.72 Å². The molecule has 0 spiro atoms. The Hall–Kier alpha value is -0.390. The topological polar surface area (TPSA) is 46.2 Å². The first-order chi connectivity index (χ1) is 9.48. The fraction of sp³-hybridized carbons (Fsp3) is 0.600. The van der Waals surface area contributed by atoms with E-state index in [0.717, 1.165) is 22.9 Å². The summed E-state index contributed by atoms with van der Waals surface area (Å²) < 4.78 is 28.3. The van der Waals surface area contributed by atoms with E-state index in [1.165, 1.54) is 19.3 Å². The van der Waals surface area contributed by atoms with Crippen molar-refractivity contribution in [2.24, 2.45) is 5.92 Å². The molecule has 0 amide bonds. The first-order valence-electron chi connectivity index (χ1n) is 7.22. The average Bonchev–Trinajstić information content (AvgIpc) is 2.39. The van der Waals surface area contributed by atoms with Crippen molar-refractivity contribution in [1.29, 1.82) is 0 Å². The summed E-state index contributed by atoms with van der Waals surface area (Å²) in [7, 11) is -3.22. The molecule has 3 nitrogen and oxygen atoms in total. The third-order valence-corrected chi connectivity index (χ3v) is 6.25. The molecule has 1 saturated carbocycles. The molecule has 0 aliphatic heterocycles. The number of halogens is 1. The molecule has 1 aliphatic carbocycles. The summed E-state index contributed by atoms with van der Waals surface area (Å²) >= 11 is 3.47. The van der Waals surface area contributed by atoms with Crippen molar-refractivity contribution < 1.29 is 8.42 Å². The van der Waals surface area contributed by atoms with Crippen molar-refractivity contribution in [3.8, 4) is 0 Å². The number of sulfonamides is 1. The van der Waals surface area contributed by atoms with E-state index in [1.54, 1.807) is 0 Å². The highest BCUT2D eigenvalue weighted by Crippen LogP contribution is 2.26. The largest absolute Gasteiger partial charge is 0.212 e. The summed E-state index contributed by atoms with van der Waals surface area (Å²) in [6.07, 6.45) is 5.67. The minimum absolute atomic E-state index is 0.209. The van der Waals surface area contributed by atoms with Gasteiger partial charge in [0.05, 0.1) is 5.75 Å². The summed E-state index contributed by atoms with van der Waals surface area (Å²) in [5.74, 6) is 0.592. The lowest BCUT2D eigenvalue weighted by atomic mass is 9.91. The first-order valence-corrected chi connectivity index (χ1v) is 9.67. The standard InChI is InChI=1S/C15H22BrNO2S/c1-12(14-9-5-6-10-15(14)16)17-20(18,19)11-13-7-3-2-4-8-13/h5-6,9-10,12-13,17H,2-4,7-8,11H2,1H3/t12-/m1/s1. The van der Waals surface area contributed by atoms with Crippen LogP contribution in [0.4, 0.5) is 0 Å². The smallest absolute Gasteiger partial charge is 0.212 e. The Balaban J connectivity index is 1.98. The van der Waals surface area contributed by atoms with Crippen LogP contribution in [0.15, 0.2) is 28.7 Å². The van der Waals surface area contributed by atoms with E-state index < -0.39 is 10.0 Å². The number of nitrogens with one attached hydrogen (secondary N) is 1.